The Morgan fingerprint density at radius 1 is 0.757 bits per heavy atom. The molecule has 186 valence electrons. The van der Waals surface area contributed by atoms with Gasteiger partial charge < -0.3 is 14.6 Å². The Morgan fingerprint density at radius 3 is 2.08 bits per heavy atom. The summed E-state index contributed by atoms with van der Waals surface area (Å²) in [7, 11) is 0. The normalized spacial score (nSPS) is 11.2. The number of fused-ring (bicyclic) bond motifs is 1. The van der Waals surface area contributed by atoms with Gasteiger partial charge >= 0.3 is 11.9 Å². The highest BCUT2D eigenvalue weighted by atomic mass is 16.7. The lowest BCUT2D eigenvalue weighted by molar-refractivity contribution is -0.141. The predicted molar refractivity (Wildman–Crippen MR) is 147 cm³/mol. The molecule has 0 radical (unpaired) electrons. The van der Waals surface area contributed by atoms with E-state index in [1.54, 1.807) is 6.21 Å². The molecule has 37 heavy (non-hydrogen) atoms. The van der Waals surface area contributed by atoms with Crippen LogP contribution in [0.3, 0.4) is 0 Å². The number of nitrogens with zero attached hydrogens (tertiary/aromatic N) is 3. The van der Waals surface area contributed by atoms with Crippen molar-refractivity contribution in [2.45, 2.75) is 27.2 Å². The Balaban J connectivity index is 1.84. The fraction of sp³-hybridized carbons (Fsp3) is 0.133. The first-order valence-corrected chi connectivity index (χ1v) is 11.9. The molecule has 0 heterocycles. The van der Waals surface area contributed by atoms with Gasteiger partial charge in [0.05, 0.1) is 18.1 Å². The highest BCUT2D eigenvalue weighted by Gasteiger charge is 2.16. The first-order valence-electron chi connectivity index (χ1n) is 11.9. The molecule has 0 saturated carbocycles. The third-order valence-corrected chi connectivity index (χ3v) is 5.59. The van der Waals surface area contributed by atoms with Gasteiger partial charge in [0.15, 0.2) is 0 Å². The van der Waals surface area contributed by atoms with Gasteiger partial charge in [-0.05, 0) is 64.9 Å². The molecule has 7 heteroatoms. The van der Waals surface area contributed by atoms with E-state index in [1.807, 2.05) is 54.6 Å². The van der Waals surface area contributed by atoms with Gasteiger partial charge in [-0.2, -0.15) is 0 Å². The average molecular weight is 494 g/mol. The van der Waals surface area contributed by atoms with Crippen LogP contribution in [-0.4, -0.2) is 24.4 Å². The molecule has 0 aliphatic carbocycles. The van der Waals surface area contributed by atoms with Gasteiger partial charge in [-0.15, -0.1) is 0 Å². The zero-order valence-electron chi connectivity index (χ0n) is 20.9. The number of rotatable bonds is 8. The molecule has 7 nitrogen and oxygen atoms in total. The number of carbonyl (C=O) groups is 2. The molecular weight excluding hydrogens is 466 g/mol. The van der Waals surface area contributed by atoms with E-state index in [2.05, 4.69) is 57.3 Å². The van der Waals surface area contributed by atoms with Crippen molar-refractivity contribution in [1.29, 1.82) is 0 Å². The minimum Gasteiger partial charge on any atom is -0.319 e. The summed E-state index contributed by atoms with van der Waals surface area (Å²) >= 11 is 0. The molecule has 0 bridgehead atoms. The van der Waals surface area contributed by atoms with E-state index in [0.717, 1.165) is 50.9 Å². The van der Waals surface area contributed by atoms with E-state index in [1.165, 1.54) is 20.1 Å². The van der Waals surface area contributed by atoms with E-state index >= 15 is 0 Å². The van der Waals surface area contributed by atoms with Gasteiger partial charge in [0.2, 0.25) is 0 Å². The zero-order valence-corrected chi connectivity index (χ0v) is 20.9. The van der Waals surface area contributed by atoms with Crippen LogP contribution in [-0.2, 0) is 25.7 Å². The maximum Gasteiger partial charge on any atom is 0.331 e. The van der Waals surface area contributed by atoms with Crippen molar-refractivity contribution in [3.63, 3.8) is 0 Å². The predicted octanol–water partition coefficient (Wildman–Crippen LogP) is 6.67. The Hall–Kier alpha value is -4.78. The maximum absolute atomic E-state index is 11.2. The van der Waals surface area contributed by atoms with Crippen molar-refractivity contribution in [3.8, 4) is 0 Å². The summed E-state index contributed by atoms with van der Waals surface area (Å²) in [5.74, 6) is -0.948. The van der Waals surface area contributed by atoms with Gasteiger partial charge in [-0.3, -0.25) is 0 Å². The number of anilines is 3. The number of carbonyl (C=O) groups excluding carboxylic acids is 2. The topological polar surface area (TPSA) is 80.6 Å². The van der Waals surface area contributed by atoms with Crippen molar-refractivity contribution in [3.05, 3.63) is 102 Å². The molecule has 0 saturated heterocycles. The minimum absolute atomic E-state index is 0.473. The summed E-state index contributed by atoms with van der Waals surface area (Å²) < 4.78 is 0. The fourth-order valence-corrected chi connectivity index (χ4v) is 3.97. The van der Waals surface area contributed by atoms with Crippen molar-refractivity contribution in [2.24, 2.45) is 10.3 Å². The number of benzene rings is 4. The van der Waals surface area contributed by atoms with Crippen LogP contribution in [0.2, 0.25) is 0 Å². The third kappa shape index (κ3) is 6.46. The van der Waals surface area contributed by atoms with E-state index in [4.69, 9.17) is 4.84 Å². The molecular formula is C30H27N3O4. The van der Waals surface area contributed by atoms with Gasteiger partial charge in [0.1, 0.15) is 0 Å². The first kappa shape index (κ1) is 25.3. The van der Waals surface area contributed by atoms with Gasteiger partial charge in [0.25, 0.3) is 0 Å². The van der Waals surface area contributed by atoms with E-state index in [-0.39, 0.29) is 0 Å². The van der Waals surface area contributed by atoms with Crippen LogP contribution in [0.5, 0.6) is 0 Å². The Kier molecular flexibility index (Phi) is 8.05. The molecule has 0 atom stereocenters. The maximum atomic E-state index is 11.2. The van der Waals surface area contributed by atoms with Crippen molar-refractivity contribution in [2.75, 3.05) is 4.90 Å². The smallest absolute Gasteiger partial charge is 0.319 e. The largest absolute Gasteiger partial charge is 0.331 e. The molecule has 4 aromatic carbocycles. The molecule has 0 fully saturated rings. The van der Waals surface area contributed by atoms with Crippen molar-refractivity contribution < 1.29 is 19.3 Å². The summed E-state index contributed by atoms with van der Waals surface area (Å²) in [6.07, 6.45) is 3.85. The fourth-order valence-electron chi connectivity index (χ4n) is 3.97. The summed E-state index contributed by atoms with van der Waals surface area (Å²) in [4.78, 5) is 33.8. The van der Waals surface area contributed by atoms with Crippen LogP contribution in [0, 0.1) is 0 Å². The second-order valence-electron chi connectivity index (χ2n) is 8.35. The first-order chi connectivity index (χ1) is 17.9. The summed E-state index contributed by atoms with van der Waals surface area (Å²) in [5.41, 5.74) is 5.58. The molecule has 0 amide bonds. The molecule has 0 N–H and O–H groups in total. The standard InChI is InChI=1S/C30H27N3O4/c1-4-23-16-25(20-32-37-22(3)35)18-28(17-23)33(30-11-7-9-26-8-5-6-10-29(26)30)27-14-12-24(13-15-27)19-31-36-21(2)34/h5-20H,4H2,1-3H3/b31-19-,32-20-. The lowest BCUT2D eigenvalue weighted by Crippen LogP contribution is -2.11. The molecule has 0 aromatic heterocycles. The Morgan fingerprint density at radius 2 is 1.41 bits per heavy atom. The van der Waals surface area contributed by atoms with Crippen LogP contribution in [0.1, 0.15) is 37.5 Å². The summed E-state index contributed by atoms with van der Waals surface area (Å²) in [6.45, 7) is 4.71. The van der Waals surface area contributed by atoms with Crippen LogP contribution in [0.25, 0.3) is 10.8 Å². The van der Waals surface area contributed by atoms with Crippen molar-refractivity contribution >= 4 is 52.2 Å². The van der Waals surface area contributed by atoms with Gasteiger partial charge in [-0.1, -0.05) is 65.8 Å². The second kappa shape index (κ2) is 11.8. The molecule has 4 rings (SSSR count). The van der Waals surface area contributed by atoms with Gasteiger partial charge in [0, 0.05) is 30.6 Å². The Bertz CT molecular complexity index is 1470. The van der Waals surface area contributed by atoms with E-state index < -0.39 is 11.9 Å². The monoisotopic (exact) mass is 493 g/mol. The third-order valence-electron chi connectivity index (χ3n) is 5.59. The number of hydrogen-bond donors (Lipinski definition) is 0. The Labute approximate surface area is 215 Å². The lowest BCUT2D eigenvalue weighted by Gasteiger charge is -2.27. The zero-order chi connectivity index (χ0) is 26.2. The SMILES string of the molecule is CCc1cc(/C=N\OC(C)=O)cc(N(c2ccc(/C=N\OC(C)=O)cc2)c2cccc3ccccc23)c1. The molecule has 0 aliphatic heterocycles. The molecule has 0 unspecified atom stereocenters. The van der Waals surface area contributed by atoms with Crippen LogP contribution in [0.15, 0.2) is 95.2 Å². The highest BCUT2D eigenvalue weighted by Crippen LogP contribution is 2.39. The van der Waals surface area contributed by atoms with E-state index in [0.29, 0.717) is 0 Å². The van der Waals surface area contributed by atoms with Crippen LogP contribution >= 0.6 is 0 Å². The summed E-state index contributed by atoms with van der Waals surface area (Å²) in [6, 6.07) is 28.4. The average Bonchev–Trinajstić information content (AvgIpc) is 2.89. The number of aryl methyl sites for hydroxylation is 1. The number of hydrogen-bond acceptors (Lipinski definition) is 7. The molecule has 0 spiro atoms. The van der Waals surface area contributed by atoms with E-state index in [9.17, 15) is 9.59 Å². The lowest BCUT2D eigenvalue weighted by atomic mass is 10.0. The summed E-state index contributed by atoms with van der Waals surface area (Å²) in [5, 5.41) is 9.75. The van der Waals surface area contributed by atoms with Gasteiger partial charge in [-0.25, -0.2) is 9.59 Å². The number of oxime groups is 2. The molecule has 0 aliphatic rings. The second-order valence-corrected chi connectivity index (χ2v) is 8.35. The highest BCUT2D eigenvalue weighted by molar-refractivity contribution is 5.99. The molecule has 4 aromatic rings. The van der Waals surface area contributed by atoms with Crippen LogP contribution < -0.4 is 4.90 Å². The minimum atomic E-state index is -0.474. The quantitative estimate of drug-likeness (QED) is 0.156. The van der Waals surface area contributed by atoms with Crippen LogP contribution in [0.4, 0.5) is 17.1 Å². The van der Waals surface area contributed by atoms with Crippen molar-refractivity contribution in [1.82, 2.24) is 0 Å².